The molecule has 0 aromatic heterocycles. The first kappa shape index (κ1) is 55.8. The van der Waals surface area contributed by atoms with Crippen molar-refractivity contribution >= 4 is 19.9 Å². The van der Waals surface area contributed by atoms with E-state index in [2.05, 4.69) is 121 Å². The lowest BCUT2D eigenvalue weighted by Crippen LogP contribution is -2.43. The molecule has 14 heteroatoms. The minimum absolute atomic E-state index is 0.0375. The molecule has 0 amide bonds. The number of hydrogen-bond acceptors (Lipinski definition) is 12. The number of rotatable bonds is 21. The summed E-state index contributed by atoms with van der Waals surface area (Å²) in [5.74, 6) is 6.84. The zero-order valence-corrected chi connectivity index (χ0v) is 46.5. The lowest BCUT2D eigenvalue weighted by Gasteiger charge is -2.43. The van der Waals surface area contributed by atoms with Gasteiger partial charge in [-0.05, 0) is 101 Å². The first-order chi connectivity index (χ1) is 35.6. The smallest absolute Gasteiger partial charge is 0.250 e. The van der Waals surface area contributed by atoms with Crippen molar-refractivity contribution in [3.05, 3.63) is 167 Å². The number of halogens is 1. The predicted molar refractivity (Wildman–Crippen MR) is 292 cm³/mol. The van der Waals surface area contributed by atoms with Gasteiger partial charge >= 0.3 is 0 Å². The molecule has 0 spiro atoms. The number of fused-ring (bicyclic) bond motifs is 2. The van der Waals surface area contributed by atoms with Crippen LogP contribution in [0.5, 0.6) is 46.0 Å². The van der Waals surface area contributed by atoms with E-state index in [9.17, 15) is 0 Å². The molecule has 12 nitrogen and oxygen atoms in total. The van der Waals surface area contributed by atoms with Crippen LogP contribution < -0.4 is 37.6 Å². The molecule has 8 rings (SSSR count). The average molecular weight is 1050 g/mol. The summed E-state index contributed by atoms with van der Waals surface area (Å²) in [6.45, 7) is 18.1. The van der Waals surface area contributed by atoms with Crippen molar-refractivity contribution in [1.29, 1.82) is 0 Å². The Labute approximate surface area is 444 Å². The van der Waals surface area contributed by atoms with E-state index in [4.69, 9.17) is 68.1 Å². The van der Waals surface area contributed by atoms with Gasteiger partial charge in [0, 0.05) is 74.4 Å². The molecule has 6 aromatic carbocycles. The predicted octanol–water partition coefficient (Wildman–Crippen LogP) is 13.3. The Bertz CT molecular complexity index is 2690. The molecule has 6 aromatic rings. The second-order valence-electron chi connectivity index (χ2n) is 20.5. The van der Waals surface area contributed by atoms with Gasteiger partial charge in [0.15, 0.2) is 27.2 Å². The molecule has 4 atom stereocenters. The largest absolute Gasteiger partial charge is 0.544 e. The van der Waals surface area contributed by atoms with Gasteiger partial charge in [-0.25, -0.2) is 0 Å². The van der Waals surface area contributed by atoms with Gasteiger partial charge in [0.1, 0.15) is 52.6 Å². The molecular formula is C60H73ClO12Si. The number of alkyl halides is 1. The summed E-state index contributed by atoms with van der Waals surface area (Å²) in [4.78, 5) is 0. The Balaban J connectivity index is 0.000000217. The highest BCUT2D eigenvalue weighted by Gasteiger charge is 2.45. The van der Waals surface area contributed by atoms with Crippen molar-refractivity contribution in [2.24, 2.45) is 0 Å². The molecule has 0 aliphatic carbocycles. The third kappa shape index (κ3) is 13.1. The van der Waals surface area contributed by atoms with Crippen molar-refractivity contribution < 1.29 is 56.5 Å². The summed E-state index contributed by atoms with van der Waals surface area (Å²) < 4.78 is 67.7. The first-order valence-corrected chi connectivity index (χ1v) is 28.3. The van der Waals surface area contributed by atoms with Gasteiger partial charge in [0.25, 0.3) is 0 Å². The average Bonchev–Trinajstić information content (AvgIpc) is 3.40. The molecule has 0 fully saturated rings. The lowest BCUT2D eigenvalue weighted by atomic mass is 9.65. The molecule has 2 aliphatic heterocycles. The van der Waals surface area contributed by atoms with Crippen LogP contribution in [0.4, 0.5) is 0 Å². The third-order valence-corrected chi connectivity index (χ3v) is 18.8. The first-order valence-electron chi connectivity index (χ1n) is 24.9. The molecule has 2 heterocycles. The lowest BCUT2D eigenvalue weighted by molar-refractivity contribution is 0.0505. The zero-order valence-electron chi connectivity index (χ0n) is 44.8. The molecule has 0 N–H and O–H groups in total. The Morgan fingerprint density at radius 2 is 0.824 bits per heavy atom. The van der Waals surface area contributed by atoms with E-state index in [1.165, 1.54) is 16.7 Å². The fourth-order valence-electron chi connectivity index (χ4n) is 9.30. The van der Waals surface area contributed by atoms with Gasteiger partial charge in [0.05, 0.1) is 19.1 Å². The maximum absolute atomic E-state index is 6.58. The highest BCUT2D eigenvalue weighted by Crippen LogP contribution is 2.53. The van der Waals surface area contributed by atoms with Crippen LogP contribution in [0.15, 0.2) is 133 Å². The quantitative estimate of drug-likeness (QED) is 0.0389. The normalized spacial score (nSPS) is 19.0. The number of benzene rings is 6. The Hall–Kier alpha value is -5.93. The number of methoxy groups -OCH3 is 4. The summed E-state index contributed by atoms with van der Waals surface area (Å²) >= 11 is 5.78. The topological polar surface area (TPSA) is 111 Å². The molecule has 0 unspecified atom stereocenters. The number of ether oxygens (including phenoxy) is 11. The van der Waals surface area contributed by atoms with E-state index in [0.29, 0.717) is 31.5 Å². The van der Waals surface area contributed by atoms with Crippen LogP contribution in [0.25, 0.3) is 0 Å². The van der Waals surface area contributed by atoms with Crippen LogP contribution in [0.3, 0.4) is 0 Å². The summed E-state index contributed by atoms with van der Waals surface area (Å²) in [5.41, 5.74) is 6.24. The summed E-state index contributed by atoms with van der Waals surface area (Å²) in [7, 11) is 4.49. The summed E-state index contributed by atoms with van der Waals surface area (Å²) in [6, 6.07) is 45.2. The van der Waals surface area contributed by atoms with E-state index in [1.807, 2.05) is 60.7 Å². The van der Waals surface area contributed by atoms with Gasteiger partial charge < -0.3 is 56.5 Å². The van der Waals surface area contributed by atoms with Crippen molar-refractivity contribution in [2.45, 2.75) is 75.4 Å². The van der Waals surface area contributed by atoms with E-state index in [-0.39, 0.29) is 54.9 Å². The highest BCUT2D eigenvalue weighted by atomic mass is 35.5. The fraction of sp³-hybridized carbons (Fsp3) is 0.400. The van der Waals surface area contributed by atoms with Gasteiger partial charge in [-0.3, -0.25) is 0 Å². The van der Waals surface area contributed by atoms with Crippen molar-refractivity contribution in [1.82, 2.24) is 0 Å². The molecular weight excluding hydrogens is 976 g/mol. The van der Waals surface area contributed by atoms with Crippen LogP contribution in [0, 0.1) is 0 Å². The van der Waals surface area contributed by atoms with E-state index < -0.39 is 8.32 Å². The van der Waals surface area contributed by atoms with Crippen LogP contribution in [0.2, 0.25) is 18.1 Å². The van der Waals surface area contributed by atoms with Crippen molar-refractivity contribution in [3.63, 3.8) is 0 Å². The Morgan fingerprint density at radius 1 is 0.486 bits per heavy atom. The van der Waals surface area contributed by atoms with Crippen LogP contribution in [-0.2, 0) is 29.8 Å². The van der Waals surface area contributed by atoms with Crippen LogP contribution in [0.1, 0.15) is 79.8 Å². The highest BCUT2D eigenvalue weighted by molar-refractivity contribution is 6.74. The molecule has 74 heavy (non-hydrogen) atoms. The minimum Gasteiger partial charge on any atom is -0.544 e. The third-order valence-electron chi connectivity index (χ3n) is 14.3. The summed E-state index contributed by atoms with van der Waals surface area (Å²) in [6.07, 6.45) is 0. The fourth-order valence-corrected chi connectivity index (χ4v) is 10.4. The standard InChI is InChI=1S/C32H42O6Si.C28H31ClO6/c1-31(2,3)39(7,8)38-26-13-9-23(10-14-26)30-28-18-17-27(37-22-34-6)19-29(28)35-20-32(30,4)24-11-15-25(16-12-24)36-21-33-5;1-28(21-6-10-23(11-7-21)34-18-30-2)17-33-26-16-24(35-19-31-3)12-13-25(26)27(28)20-4-8-22(9-5-20)32-15-14-29/h9-19,30H,20-22H2,1-8H3;4-13,16,27H,14-15,17-19H2,1-3H3/t30-,32-;27-,28-/m11/s1. The molecule has 0 bridgehead atoms. The molecule has 0 saturated carbocycles. The van der Waals surface area contributed by atoms with Crippen LogP contribution >= 0.6 is 11.6 Å². The molecule has 396 valence electrons. The monoisotopic (exact) mass is 1050 g/mol. The van der Waals surface area contributed by atoms with Crippen LogP contribution in [-0.4, -0.2) is 89.6 Å². The minimum atomic E-state index is -1.94. The van der Waals surface area contributed by atoms with E-state index >= 15 is 0 Å². The Kier molecular flexibility index (Phi) is 18.9. The van der Waals surface area contributed by atoms with E-state index in [1.54, 1.807) is 28.4 Å². The van der Waals surface area contributed by atoms with Crippen molar-refractivity contribution in [2.75, 3.05) is 81.3 Å². The maximum atomic E-state index is 6.58. The zero-order chi connectivity index (χ0) is 52.9. The summed E-state index contributed by atoms with van der Waals surface area (Å²) in [5, 5.41) is 0.131. The molecule has 0 saturated heterocycles. The van der Waals surface area contributed by atoms with E-state index in [0.717, 1.165) is 56.9 Å². The Morgan fingerprint density at radius 3 is 1.19 bits per heavy atom. The second-order valence-corrected chi connectivity index (χ2v) is 25.6. The number of hydrogen-bond donors (Lipinski definition) is 0. The van der Waals surface area contributed by atoms with Crippen molar-refractivity contribution in [3.8, 4) is 46.0 Å². The molecule has 2 aliphatic rings. The van der Waals surface area contributed by atoms with Gasteiger partial charge in [-0.1, -0.05) is 95.3 Å². The van der Waals surface area contributed by atoms with Gasteiger partial charge in [0.2, 0.25) is 8.32 Å². The van der Waals surface area contributed by atoms with Gasteiger partial charge in [-0.2, -0.15) is 0 Å². The second kappa shape index (κ2) is 25.1. The maximum Gasteiger partial charge on any atom is 0.250 e. The molecule has 0 radical (unpaired) electrons. The van der Waals surface area contributed by atoms with Gasteiger partial charge in [-0.15, -0.1) is 11.6 Å². The SMILES string of the molecule is COCOc1ccc([C@@]2(C)COc3cc(OCOC)ccc3[C@H]2c2ccc(OCCCl)cc2)cc1.COCOc1ccc([C@@]2(C)COc3cc(OCOC)ccc3[C@H]2c2ccc(O[Si](C)(C)C(C)(C)C)cc2)cc1.